The van der Waals surface area contributed by atoms with E-state index in [9.17, 15) is 18.0 Å². The second-order valence-electron chi connectivity index (χ2n) is 4.80. The summed E-state index contributed by atoms with van der Waals surface area (Å²) < 4.78 is 40.3. The van der Waals surface area contributed by atoms with Crippen LogP contribution in [0.5, 0.6) is 0 Å². The molecule has 10 heteroatoms. The Labute approximate surface area is 127 Å². The zero-order valence-electron chi connectivity index (χ0n) is 11.9. The summed E-state index contributed by atoms with van der Waals surface area (Å²) in [4.78, 5) is 15.9. The molecule has 0 aliphatic carbocycles. The van der Waals surface area contributed by atoms with Gasteiger partial charge in [-0.15, -0.1) is 0 Å². The highest BCUT2D eigenvalue weighted by molar-refractivity contribution is 5.48. The largest absolute Gasteiger partial charge is 0.433 e. The van der Waals surface area contributed by atoms with E-state index in [2.05, 4.69) is 20.3 Å². The first-order valence-corrected chi connectivity index (χ1v) is 6.53. The maximum absolute atomic E-state index is 12.8. The van der Waals surface area contributed by atoms with Gasteiger partial charge in [-0.25, -0.2) is 9.89 Å². The van der Waals surface area contributed by atoms with Crippen LogP contribution in [0.15, 0.2) is 35.3 Å². The zero-order valence-corrected chi connectivity index (χ0v) is 11.9. The van der Waals surface area contributed by atoms with E-state index in [-0.39, 0.29) is 18.1 Å². The van der Waals surface area contributed by atoms with Gasteiger partial charge in [0.05, 0.1) is 12.2 Å². The summed E-state index contributed by atoms with van der Waals surface area (Å²) in [7, 11) is 1.20. The van der Waals surface area contributed by atoms with Crippen molar-refractivity contribution in [1.29, 1.82) is 0 Å². The molecule has 3 aromatic rings. The van der Waals surface area contributed by atoms with Gasteiger partial charge in [-0.1, -0.05) is 6.07 Å². The molecule has 7 nitrogen and oxygen atoms in total. The number of nitrogens with zero attached hydrogens (tertiary/aromatic N) is 5. The van der Waals surface area contributed by atoms with Gasteiger partial charge in [-0.3, -0.25) is 14.2 Å². The first-order chi connectivity index (χ1) is 10.9. The lowest BCUT2D eigenvalue weighted by Gasteiger charge is -2.04. The molecule has 0 saturated carbocycles. The molecule has 0 saturated heterocycles. The van der Waals surface area contributed by atoms with E-state index < -0.39 is 17.6 Å². The van der Waals surface area contributed by atoms with E-state index in [0.717, 1.165) is 10.7 Å². The molecule has 0 unspecified atom stereocenters. The van der Waals surface area contributed by atoms with Gasteiger partial charge in [0.25, 0.3) is 0 Å². The minimum absolute atomic E-state index is 0.0977. The van der Waals surface area contributed by atoms with Crippen LogP contribution in [-0.4, -0.2) is 29.5 Å². The van der Waals surface area contributed by atoms with Gasteiger partial charge in [0.1, 0.15) is 11.4 Å². The first-order valence-electron chi connectivity index (χ1n) is 6.53. The number of H-pyrrole nitrogens is 1. The van der Waals surface area contributed by atoms with Crippen LogP contribution in [0.2, 0.25) is 0 Å². The van der Waals surface area contributed by atoms with E-state index in [1.54, 1.807) is 18.2 Å². The number of hydrogen-bond donors (Lipinski definition) is 1. The van der Waals surface area contributed by atoms with E-state index in [1.807, 2.05) is 0 Å². The highest BCUT2D eigenvalue weighted by Crippen LogP contribution is 2.29. The monoisotopic (exact) mass is 324 g/mol. The zero-order chi connectivity index (χ0) is 16.6. The highest BCUT2D eigenvalue weighted by Gasteiger charge is 2.35. The van der Waals surface area contributed by atoms with E-state index in [0.29, 0.717) is 5.69 Å². The molecule has 0 radical (unpaired) electrons. The summed E-state index contributed by atoms with van der Waals surface area (Å²) in [6.07, 6.45) is -2.98. The summed E-state index contributed by atoms with van der Waals surface area (Å²) in [6, 6.07) is 5.97. The topological polar surface area (TPSA) is 81.4 Å². The lowest BCUT2D eigenvalue weighted by Crippen LogP contribution is -2.19. The molecule has 23 heavy (non-hydrogen) atoms. The number of pyridine rings is 1. The fourth-order valence-corrected chi connectivity index (χ4v) is 2.19. The molecule has 1 N–H and O–H groups in total. The minimum atomic E-state index is -4.51. The van der Waals surface area contributed by atoms with E-state index in [1.165, 1.54) is 17.8 Å². The van der Waals surface area contributed by atoms with Gasteiger partial charge in [0, 0.05) is 13.2 Å². The summed E-state index contributed by atoms with van der Waals surface area (Å²) in [5.41, 5.74) is -0.911. The standard InChI is InChI=1S/C13H11F3N6O/c1-21-10(13(14,15)16)6-8(20-21)7-22-11(18-19-12(22)23)9-4-2-3-5-17-9/h2-6H,7H2,1H3,(H,19,23). The molecular weight excluding hydrogens is 313 g/mol. The maximum Gasteiger partial charge on any atom is 0.433 e. The van der Waals surface area contributed by atoms with Crippen molar-refractivity contribution in [3.05, 3.63) is 52.3 Å². The number of aromatic amines is 1. The first kappa shape index (κ1) is 15.0. The predicted molar refractivity (Wildman–Crippen MR) is 73.4 cm³/mol. The number of alkyl halides is 3. The Morgan fingerprint density at radius 1 is 1.30 bits per heavy atom. The van der Waals surface area contributed by atoms with Crippen LogP contribution in [-0.2, 0) is 19.8 Å². The number of aryl methyl sites for hydroxylation is 1. The molecule has 0 amide bonds. The summed E-state index contributed by atoms with van der Waals surface area (Å²) in [5, 5.41) is 9.94. The van der Waals surface area contributed by atoms with Gasteiger partial charge in [0.2, 0.25) is 0 Å². The van der Waals surface area contributed by atoms with Crippen LogP contribution >= 0.6 is 0 Å². The van der Waals surface area contributed by atoms with Gasteiger partial charge >= 0.3 is 11.9 Å². The Balaban J connectivity index is 1.99. The molecule has 120 valence electrons. The normalized spacial score (nSPS) is 11.8. The van der Waals surface area contributed by atoms with Gasteiger partial charge in [0.15, 0.2) is 5.82 Å². The van der Waals surface area contributed by atoms with Crippen molar-refractivity contribution in [2.24, 2.45) is 7.05 Å². The molecule has 3 rings (SSSR count). The van der Waals surface area contributed by atoms with Crippen LogP contribution in [0.25, 0.3) is 11.5 Å². The van der Waals surface area contributed by atoms with Crippen LogP contribution in [0.3, 0.4) is 0 Å². The molecular formula is C13H11F3N6O. The Hall–Kier alpha value is -2.91. The molecule has 0 aliphatic heterocycles. The Morgan fingerprint density at radius 3 is 2.70 bits per heavy atom. The average molecular weight is 324 g/mol. The van der Waals surface area contributed by atoms with Crippen molar-refractivity contribution < 1.29 is 13.2 Å². The quantitative estimate of drug-likeness (QED) is 0.790. The Kier molecular flexibility index (Phi) is 3.51. The summed E-state index contributed by atoms with van der Waals surface area (Å²) >= 11 is 0. The third-order valence-electron chi connectivity index (χ3n) is 3.19. The molecule has 0 spiro atoms. The third kappa shape index (κ3) is 2.87. The van der Waals surface area contributed by atoms with Gasteiger partial charge in [-0.2, -0.15) is 23.4 Å². The molecule has 3 heterocycles. The lowest BCUT2D eigenvalue weighted by molar-refractivity contribution is -0.143. The number of rotatable bonds is 3. The molecule has 0 aromatic carbocycles. The highest BCUT2D eigenvalue weighted by atomic mass is 19.4. The molecule has 0 fully saturated rings. The van der Waals surface area contributed by atoms with Crippen molar-refractivity contribution in [2.75, 3.05) is 0 Å². The number of halogens is 3. The summed E-state index contributed by atoms with van der Waals surface area (Å²) in [5.74, 6) is 0.231. The van der Waals surface area contributed by atoms with Crippen molar-refractivity contribution in [2.45, 2.75) is 12.7 Å². The van der Waals surface area contributed by atoms with Crippen LogP contribution < -0.4 is 5.69 Å². The Bertz CT molecular complexity index is 877. The van der Waals surface area contributed by atoms with Crippen molar-refractivity contribution in [3.8, 4) is 11.5 Å². The number of aromatic nitrogens is 6. The van der Waals surface area contributed by atoms with Crippen LogP contribution in [0.1, 0.15) is 11.4 Å². The van der Waals surface area contributed by atoms with Crippen LogP contribution in [0.4, 0.5) is 13.2 Å². The van der Waals surface area contributed by atoms with Crippen molar-refractivity contribution in [3.63, 3.8) is 0 Å². The minimum Gasteiger partial charge on any atom is -0.268 e. The fraction of sp³-hybridized carbons (Fsp3) is 0.231. The molecule has 0 aliphatic rings. The third-order valence-corrected chi connectivity index (χ3v) is 3.19. The van der Waals surface area contributed by atoms with Gasteiger partial charge < -0.3 is 0 Å². The van der Waals surface area contributed by atoms with Crippen molar-refractivity contribution in [1.82, 2.24) is 29.5 Å². The second-order valence-corrected chi connectivity index (χ2v) is 4.80. The SMILES string of the molecule is Cn1nc(Cn2c(-c3ccccn3)n[nH]c2=O)cc1C(F)(F)F. The summed E-state index contributed by atoms with van der Waals surface area (Å²) in [6.45, 7) is -0.148. The average Bonchev–Trinajstić information content (AvgIpc) is 3.04. The van der Waals surface area contributed by atoms with Crippen molar-refractivity contribution >= 4 is 0 Å². The number of nitrogens with one attached hydrogen (secondary N) is 1. The molecule has 3 aromatic heterocycles. The second kappa shape index (κ2) is 5.38. The maximum atomic E-state index is 12.8. The fourth-order valence-electron chi connectivity index (χ4n) is 2.19. The molecule has 0 atom stereocenters. The lowest BCUT2D eigenvalue weighted by atomic mass is 10.3. The Morgan fingerprint density at radius 2 is 2.09 bits per heavy atom. The van der Waals surface area contributed by atoms with E-state index >= 15 is 0 Å². The van der Waals surface area contributed by atoms with Gasteiger partial charge in [-0.05, 0) is 18.2 Å². The predicted octanol–water partition coefficient (Wildman–Crippen LogP) is 1.43. The van der Waals surface area contributed by atoms with Crippen LogP contribution in [0, 0.1) is 0 Å². The smallest absolute Gasteiger partial charge is 0.268 e. The molecule has 0 bridgehead atoms. The number of hydrogen-bond acceptors (Lipinski definition) is 4. The van der Waals surface area contributed by atoms with E-state index in [4.69, 9.17) is 0 Å².